The highest BCUT2D eigenvalue weighted by Crippen LogP contribution is 2.16. The maximum absolute atomic E-state index is 11.4. The van der Waals surface area contributed by atoms with Gasteiger partial charge in [0, 0.05) is 12.6 Å². The molecule has 0 aromatic rings. The highest BCUT2D eigenvalue weighted by Gasteiger charge is 2.29. The third kappa shape index (κ3) is 2.09. The fourth-order valence-electron chi connectivity index (χ4n) is 1.08. The van der Waals surface area contributed by atoms with Gasteiger partial charge < -0.3 is 9.47 Å². The largest absolute Gasteiger partial charge is 0.465 e. The molecule has 1 aliphatic heterocycles. The van der Waals surface area contributed by atoms with Gasteiger partial charge in [0.15, 0.2) is 11.5 Å². The molecule has 0 saturated heterocycles. The van der Waals surface area contributed by atoms with Gasteiger partial charge in [0.05, 0.1) is 14.2 Å². The number of ketones is 1. The van der Waals surface area contributed by atoms with Crippen molar-refractivity contribution in [3.8, 4) is 0 Å². The molecule has 0 aromatic carbocycles. The third-order valence-electron chi connectivity index (χ3n) is 1.78. The molecule has 0 bridgehead atoms. The second kappa shape index (κ2) is 4.50. The lowest BCUT2D eigenvalue weighted by atomic mass is 10.0. The van der Waals surface area contributed by atoms with Gasteiger partial charge in [-0.05, 0) is 0 Å². The molecule has 0 aromatic heterocycles. The van der Waals surface area contributed by atoms with E-state index in [1.165, 1.54) is 6.21 Å². The summed E-state index contributed by atoms with van der Waals surface area (Å²) in [5.41, 5.74) is -0.660. The third-order valence-corrected chi connectivity index (χ3v) is 1.78. The Morgan fingerprint density at radius 1 is 1.27 bits per heavy atom. The molecule has 1 aliphatic rings. The molecule has 0 fully saturated rings. The van der Waals surface area contributed by atoms with E-state index in [1.807, 2.05) is 0 Å². The van der Waals surface area contributed by atoms with Crippen LogP contribution in [0.25, 0.3) is 0 Å². The summed E-state index contributed by atoms with van der Waals surface area (Å²) >= 11 is 0. The lowest BCUT2D eigenvalue weighted by Crippen LogP contribution is -2.23. The fraction of sp³-hybridized carbons (Fsp3) is 0.333. The number of methoxy groups -OCH3 is 2. The summed E-state index contributed by atoms with van der Waals surface area (Å²) in [5, 5.41) is 0. The highest BCUT2D eigenvalue weighted by atomic mass is 16.5. The quantitative estimate of drug-likeness (QED) is 0.459. The van der Waals surface area contributed by atoms with E-state index in [4.69, 9.17) is 0 Å². The number of aliphatic imine (C=N–C) groups is 1. The first-order valence-corrected chi connectivity index (χ1v) is 4.08. The molecule has 0 atom stereocenters. The predicted molar refractivity (Wildman–Crippen MR) is 49.2 cm³/mol. The van der Waals surface area contributed by atoms with E-state index < -0.39 is 17.7 Å². The van der Waals surface area contributed by atoms with Gasteiger partial charge in [-0.2, -0.15) is 0 Å². The summed E-state index contributed by atoms with van der Waals surface area (Å²) in [5.74, 6) is -2.21. The fourth-order valence-corrected chi connectivity index (χ4v) is 1.08. The number of nitrogens with zero attached hydrogens (tertiary/aromatic N) is 1. The molecule has 0 N–H and O–H groups in total. The average Bonchev–Trinajstić information content (AvgIpc) is 2.26. The van der Waals surface area contributed by atoms with Crippen molar-refractivity contribution in [2.24, 2.45) is 4.99 Å². The maximum Gasteiger partial charge on any atom is 0.357 e. The molecule has 0 aliphatic carbocycles. The van der Waals surface area contributed by atoms with E-state index >= 15 is 0 Å². The van der Waals surface area contributed by atoms with Crippen LogP contribution in [0.2, 0.25) is 0 Å². The SMILES string of the molecule is COC(=O)C1=C(C(=O)OC)C(=O)CC=N1. The number of Topliss-reactive ketones (excluding diaryl/α,β-unsaturated/α-hetero) is 1. The zero-order valence-corrected chi connectivity index (χ0v) is 8.27. The Balaban J connectivity index is 3.22. The van der Waals surface area contributed by atoms with Crippen LogP contribution < -0.4 is 0 Å². The Morgan fingerprint density at radius 2 is 1.87 bits per heavy atom. The van der Waals surface area contributed by atoms with Gasteiger partial charge in [0.25, 0.3) is 0 Å². The zero-order chi connectivity index (χ0) is 11.4. The zero-order valence-electron chi connectivity index (χ0n) is 8.27. The summed E-state index contributed by atoms with van der Waals surface area (Å²) in [4.78, 5) is 37.4. The summed E-state index contributed by atoms with van der Waals surface area (Å²) < 4.78 is 8.78. The van der Waals surface area contributed by atoms with Gasteiger partial charge in [0.2, 0.25) is 0 Å². The van der Waals surface area contributed by atoms with Crippen LogP contribution in [0, 0.1) is 0 Å². The van der Waals surface area contributed by atoms with Crippen LogP contribution in [-0.2, 0) is 23.9 Å². The summed E-state index contributed by atoms with van der Waals surface area (Å²) in [7, 11) is 2.26. The van der Waals surface area contributed by atoms with Crippen LogP contribution in [0.4, 0.5) is 0 Å². The van der Waals surface area contributed by atoms with Crippen LogP contribution in [0.5, 0.6) is 0 Å². The Labute approximate surface area is 85.6 Å². The van der Waals surface area contributed by atoms with Gasteiger partial charge in [-0.3, -0.25) is 9.79 Å². The Hall–Kier alpha value is -1.98. The van der Waals surface area contributed by atoms with Gasteiger partial charge in [-0.15, -0.1) is 0 Å². The highest BCUT2D eigenvalue weighted by molar-refractivity contribution is 6.25. The number of ether oxygens (including phenoxy) is 2. The molecule has 6 heteroatoms. The minimum Gasteiger partial charge on any atom is -0.465 e. The van der Waals surface area contributed by atoms with E-state index in [0.717, 1.165) is 14.2 Å². The summed E-state index contributed by atoms with van der Waals surface area (Å²) in [6.07, 6.45) is 1.23. The molecular weight excluding hydrogens is 202 g/mol. The van der Waals surface area contributed by atoms with Crippen molar-refractivity contribution in [1.82, 2.24) is 0 Å². The average molecular weight is 211 g/mol. The van der Waals surface area contributed by atoms with E-state index in [0.29, 0.717) is 0 Å². The Bertz CT molecular complexity index is 380. The van der Waals surface area contributed by atoms with Gasteiger partial charge in [-0.1, -0.05) is 0 Å². The van der Waals surface area contributed by atoms with Gasteiger partial charge in [-0.25, -0.2) is 9.59 Å². The van der Waals surface area contributed by atoms with Crippen LogP contribution in [0.1, 0.15) is 6.42 Å². The second-order valence-corrected chi connectivity index (χ2v) is 2.65. The first-order valence-electron chi connectivity index (χ1n) is 4.08. The van der Waals surface area contributed by atoms with Crippen molar-refractivity contribution in [3.63, 3.8) is 0 Å². The lowest BCUT2D eigenvalue weighted by Gasteiger charge is -2.10. The normalized spacial score (nSPS) is 15.2. The maximum atomic E-state index is 11.4. The molecular formula is C9H9NO5. The lowest BCUT2D eigenvalue weighted by molar-refractivity contribution is -0.140. The Morgan fingerprint density at radius 3 is 2.40 bits per heavy atom. The van der Waals surface area contributed by atoms with Crippen LogP contribution >= 0.6 is 0 Å². The van der Waals surface area contributed by atoms with Crippen molar-refractivity contribution in [1.29, 1.82) is 0 Å². The first-order chi connectivity index (χ1) is 7.11. The standard InChI is InChI=1S/C9H9NO5/c1-14-8(12)6-5(11)3-4-10-7(6)9(13)15-2/h4H,3H2,1-2H3. The van der Waals surface area contributed by atoms with Gasteiger partial charge in [0.1, 0.15) is 5.57 Å². The first kappa shape index (κ1) is 11.1. The minimum absolute atomic E-state index is 0.0229. The molecule has 0 amide bonds. The molecule has 15 heavy (non-hydrogen) atoms. The molecule has 80 valence electrons. The van der Waals surface area contributed by atoms with Crippen molar-refractivity contribution in [3.05, 3.63) is 11.3 Å². The van der Waals surface area contributed by atoms with E-state index in [2.05, 4.69) is 14.5 Å². The smallest absolute Gasteiger partial charge is 0.357 e. The predicted octanol–water partition coefficient (Wildman–Crippen LogP) is -0.370. The number of carbonyl (C=O) groups is 3. The summed E-state index contributed by atoms with van der Waals surface area (Å²) in [6.45, 7) is 0. The molecule has 0 saturated carbocycles. The number of carbonyl (C=O) groups excluding carboxylic acids is 3. The van der Waals surface area contributed by atoms with Crippen molar-refractivity contribution >= 4 is 23.9 Å². The van der Waals surface area contributed by atoms with Crippen molar-refractivity contribution in [2.45, 2.75) is 6.42 Å². The Kier molecular flexibility index (Phi) is 3.33. The molecule has 1 heterocycles. The van der Waals surface area contributed by atoms with E-state index in [-0.39, 0.29) is 17.7 Å². The topological polar surface area (TPSA) is 82.0 Å². The monoisotopic (exact) mass is 211 g/mol. The van der Waals surface area contributed by atoms with Crippen LogP contribution in [0.15, 0.2) is 16.3 Å². The number of hydrogen-bond donors (Lipinski definition) is 0. The number of rotatable bonds is 2. The van der Waals surface area contributed by atoms with E-state index in [9.17, 15) is 14.4 Å². The number of esters is 2. The number of hydrogen-bond acceptors (Lipinski definition) is 6. The molecule has 0 radical (unpaired) electrons. The van der Waals surface area contributed by atoms with E-state index in [1.54, 1.807) is 0 Å². The van der Waals surface area contributed by atoms with Crippen LogP contribution in [0.3, 0.4) is 0 Å². The minimum atomic E-state index is -0.878. The molecule has 1 rings (SSSR count). The van der Waals surface area contributed by atoms with Crippen molar-refractivity contribution in [2.75, 3.05) is 14.2 Å². The molecule has 0 spiro atoms. The second-order valence-electron chi connectivity index (χ2n) is 2.65. The summed E-state index contributed by atoms with van der Waals surface area (Å²) in [6, 6.07) is 0. The van der Waals surface area contributed by atoms with Crippen LogP contribution in [-0.4, -0.2) is 38.2 Å². The molecule has 0 unspecified atom stereocenters. The van der Waals surface area contributed by atoms with Gasteiger partial charge >= 0.3 is 11.9 Å². The molecule has 6 nitrogen and oxygen atoms in total. The van der Waals surface area contributed by atoms with Crippen molar-refractivity contribution < 1.29 is 23.9 Å².